The molecule has 0 amide bonds. The fourth-order valence-electron chi connectivity index (χ4n) is 5.80. The highest BCUT2D eigenvalue weighted by Gasteiger charge is 2.35. The lowest BCUT2D eigenvalue weighted by atomic mass is 9.88. The van der Waals surface area contributed by atoms with E-state index in [9.17, 15) is 5.11 Å². The Morgan fingerprint density at radius 2 is 1.90 bits per heavy atom. The van der Waals surface area contributed by atoms with E-state index in [0.29, 0.717) is 70.5 Å². The average Bonchev–Trinajstić information content (AvgIpc) is 3.42. The number of aliphatic hydroxyl groups is 1. The smallest absolute Gasteiger partial charge is 0.156 e. The van der Waals surface area contributed by atoms with E-state index in [2.05, 4.69) is 15.3 Å². The lowest BCUT2D eigenvalue weighted by molar-refractivity contribution is 0.0542. The molecule has 4 aromatic heterocycles. The summed E-state index contributed by atoms with van der Waals surface area (Å²) >= 11 is 0. The molecule has 1 aromatic carbocycles. The molecular formula is C29H30F2N6O2. The third kappa shape index (κ3) is 4.18. The standard InChI is InChI=1S/C29H30F2N6O2/c1-16-26(36(4)35-34-16)19-7-8-20-24-22(14-18(15-33-24)29(2,3)38)37(28(20)23(19)31)27(17-9-12-39-13-10-17)25-21(30)6-5-11-32-25/h5-8,11,14-15,17,27,38H,9-10,12-13H2,1-4H3. The van der Waals surface area contributed by atoms with Gasteiger partial charge in [0.1, 0.15) is 5.82 Å². The van der Waals surface area contributed by atoms with Gasteiger partial charge >= 0.3 is 0 Å². The van der Waals surface area contributed by atoms with Crippen LogP contribution in [0.1, 0.15) is 49.7 Å². The van der Waals surface area contributed by atoms with Crippen LogP contribution >= 0.6 is 0 Å². The average molecular weight is 533 g/mol. The number of fused-ring (bicyclic) bond motifs is 3. The number of ether oxygens (including phenoxy) is 1. The maximum atomic E-state index is 16.9. The van der Waals surface area contributed by atoms with Crippen LogP contribution in [0.5, 0.6) is 0 Å². The molecule has 10 heteroatoms. The number of aryl methyl sites for hydroxylation is 2. The van der Waals surface area contributed by atoms with E-state index in [1.165, 1.54) is 6.07 Å². The van der Waals surface area contributed by atoms with E-state index in [4.69, 9.17) is 9.72 Å². The Kier molecular flexibility index (Phi) is 6.19. The molecule has 0 bridgehead atoms. The molecule has 5 heterocycles. The summed E-state index contributed by atoms with van der Waals surface area (Å²) in [6.45, 7) is 6.18. The molecule has 1 unspecified atom stereocenters. The number of halogens is 2. The predicted octanol–water partition coefficient (Wildman–Crippen LogP) is 5.21. The minimum Gasteiger partial charge on any atom is -0.386 e. The van der Waals surface area contributed by atoms with Crippen molar-refractivity contribution in [1.82, 2.24) is 29.5 Å². The zero-order valence-corrected chi connectivity index (χ0v) is 22.3. The van der Waals surface area contributed by atoms with E-state index in [0.717, 1.165) is 0 Å². The largest absolute Gasteiger partial charge is 0.386 e. The zero-order chi connectivity index (χ0) is 27.5. The lowest BCUT2D eigenvalue weighted by Crippen LogP contribution is -2.28. The van der Waals surface area contributed by atoms with E-state index in [1.54, 1.807) is 57.0 Å². The van der Waals surface area contributed by atoms with Gasteiger partial charge in [-0.05, 0) is 69.9 Å². The SMILES string of the molecule is Cc1nnn(C)c1-c1ccc2c3ncc(C(C)(C)O)cc3n(C(c3ncccc3F)C3CCOCC3)c2c1F. The lowest BCUT2D eigenvalue weighted by Gasteiger charge is -2.32. The van der Waals surface area contributed by atoms with Gasteiger partial charge in [-0.3, -0.25) is 9.97 Å². The van der Waals surface area contributed by atoms with Crippen LogP contribution in [0.25, 0.3) is 33.2 Å². The molecule has 1 saturated heterocycles. The first-order valence-corrected chi connectivity index (χ1v) is 13.1. The first-order valence-electron chi connectivity index (χ1n) is 13.1. The summed E-state index contributed by atoms with van der Waals surface area (Å²) in [5.74, 6) is -1.01. The predicted molar refractivity (Wildman–Crippen MR) is 143 cm³/mol. The van der Waals surface area contributed by atoms with Crippen LogP contribution in [0.2, 0.25) is 0 Å². The fraction of sp³-hybridized carbons (Fsp3) is 0.379. The first-order chi connectivity index (χ1) is 18.7. The van der Waals surface area contributed by atoms with Gasteiger partial charge in [-0.2, -0.15) is 0 Å². The topological polar surface area (TPSA) is 90.9 Å². The summed E-state index contributed by atoms with van der Waals surface area (Å²) in [7, 11) is 1.72. The summed E-state index contributed by atoms with van der Waals surface area (Å²) in [6.07, 6.45) is 4.49. The van der Waals surface area contributed by atoms with Crippen molar-refractivity contribution in [2.75, 3.05) is 13.2 Å². The van der Waals surface area contributed by atoms with Crippen LogP contribution in [0.15, 0.2) is 42.7 Å². The van der Waals surface area contributed by atoms with E-state index < -0.39 is 23.3 Å². The summed E-state index contributed by atoms with van der Waals surface area (Å²) in [5, 5.41) is 19.6. The number of nitrogens with zero attached hydrogens (tertiary/aromatic N) is 6. The molecule has 5 aromatic rings. The van der Waals surface area contributed by atoms with Crippen LogP contribution in [0.3, 0.4) is 0 Å². The van der Waals surface area contributed by atoms with Crippen molar-refractivity contribution in [2.45, 2.75) is 45.3 Å². The molecule has 0 aliphatic carbocycles. The van der Waals surface area contributed by atoms with Gasteiger partial charge in [0, 0.05) is 49.2 Å². The fourth-order valence-corrected chi connectivity index (χ4v) is 5.80. The molecule has 1 N–H and O–H groups in total. The summed E-state index contributed by atoms with van der Waals surface area (Å²) in [5.41, 5.74) is 2.57. The van der Waals surface area contributed by atoms with Crippen molar-refractivity contribution < 1.29 is 18.6 Å². The van der Waals surface area contributed by atoms with Crippen molar-refractivity contribution in [3.8, 4) is 11.3 Å². The highest BCUT2D eigenvalue weighted by molar-refractivity contribution is 6.07. The van der Waals surface area contributed by atoms with Crippen molar-refractivity contribution in [1.29, 1.82) is 0 Å². The van der Waals surface area contributed by atoms with Gasteiger partial charge in [0.2, 0.25) is 0 Å². The normalized spacial score (nSPS) is 15.9. The van der Waals surface area contributed by atoms with Crippen molar-refractivity contribution >= 4 is 21.9 Å². The highest BCUT2D eigenvalue weighted by atomic mass is 19.1. The molecular weight excluding hydrogens is 502 g/mol. The molecule has 202 valence electrons. The van der Waals surface area contributed by atoms with Crippen molar-refractivity contribution in [3.05, 3.63) is 71.3 Å². The van der Waals surface area contributed by atoms with Crippen LogP contribution < -0.4 is 0 Å². The third-order valence-electron chi connectivity index (χ3n) is 7.75. The van der Waals surface area contributed by atoms with Gasteiger partial charge in [-0.1, -0.05) is 5.21 Å². The highest BCUT2D eigenvalue weighted by Crippen LogP contribution is 2.43. The Labute approximate surface area is 224 Å². The first kappa shape index (κ1) is 25.5. The third-order valence-corrected chi connectivity index (χ3v) is 7.75. The Morgan fingerprint density at radius 1 is 1.13 bits per heavy atom. The quantitative estimate of drug-likeness (QED) is 0.334. The second-order valence-corrected chi connectivity index (χ2v) is 10.8. The van der Waals surface area contributed by atoms with Crippen molar-refractivity contribution in [3.63, 3.8) is 0 Å². The Bertz CT molecular complexity index is 1680. The van der Waals surface area contributed by atoms with Crippen LogP contribution in [-0.2, 0) is 17.4 Å². The molecule has 1 aliphatic rings. The number of hydrogen-bond acceptors (Lipinski definition) is 6. The maximum Gasteiger partial charge on any atom is 0.156 e. The minimum absolute atomic E-state index is 0.0732. The molecule has 0 saturated carbocycles. The number of hydrogen-bond donors (Lipinski definition) is 1. The van der Waals surface area contributed by atoms with Gasteiger partial charge in [-0.15, -0.1) is 5.10 Å². The summed E-state index contributed by atoms with van der Waals surface area (Å²) in [6, 6.07) is 7.68. The summed E-state index contributed by atoms with van der Waals surface area (Å²) < 4.78 is 41.4. The van der Waals surface area contributed by atoms with Crippen molar-refractivity contribution in [2.24, 2.45) is 13.0 Å². The van der Waals surface area contributed by atoms with Gasteiger partial charge < -0.3 is 14.4 Å². The van der Waals surface area contributed by atoms with Gasteiger partial charge in [0.05, 0.1) is 45.3 Å². The number of benzene rings is 1. The van der Waals surface area contributed by atoms with Gasteiger partial charge in [0.15, 0.2) is 5.82 Å². The van der Waals surface area contributed by atoms with Gasteiger partial charge in [-0.25, -0.2) is 13.5 Å². The molecule has 0 radical (unpaired) electrons. The second kappa shape index (κ2) is 9.46. The summed E-state index contributed by atoms with van der Waals surface area (Å²) in [4.78, 5) is 9.16. The Morgan fingerprint density at radius 3 is 2.56 bits per heavy atom. The molecule has 6 rings (SSSR count). The van der Waals surface area contributed by atoms with Crippen LogP contribution in [-0.4, -0.2) is 47.8 Å². The number of aromatic nitrogens is 6. The second-order valence-electron chi connectivity index (χ2n) is 10.8. The van der Waals surface area contributed by atoms with E-state index >= 15 is 8.78 Å². The molecule has 8 nitrogen and oxygen atoms in total. The molecule has 1 fully saturated rings. The molecule has 1 atom stereocenters. The number of pyridine rings is 2. The van der Waals surface area contributed by atoms with Gasteiger partial charge in [0.25, 0.3) is 0 Å². The van der Waals surface area contributed by atoms with E-state index in [1.807, 2.05) is 16.7 Å². The monoisotopic (exact) mass is 532 g/mol. The Hall–Kier alpha value is -3.76. The van der Waals surface area contributed by atoms with Crippen LogP contribution in [0, 0.1) is 24.5 Å². The maximum absolute atomic E-state index is 16.9. The number of rotatable bonds is 5. The minimum atomic E-state index is -1.19. The molecule has 39 heavy (non-hydrogen) atoms. The Balaban J connectivity index is 1.75. The van der Waals surface area contributed by atoms with Crippen LogP contribution in [0.4, 0.5) is 8.78 Å². The molecule has 1 aliphatic heterocycles. The molecule has 0 spiro atoms. The van der Waals surface area contributed by atoms with E-state index in [-0.39, 0.29) is 11.6 Å². The zero-order valence-electron chi connectivity index (χ0n) is 22.3.